The summed E-state index contributed by atoms with van der Waals surface area (Å²) in [7, 11) is 0.989. The molecule has 0 spiro atoms. The zero-order chi connectivity index (χ0) is 20.0. The van der Waals surface area contributed by atoms with Gasteiger partial charge in [0, 0.05) is 33.0 Å². The highest BCUT2D eigenvalue weighted by atomic mass is 28.4. The molecule has 7 nitrogen and oxygen atoms in total. The Bertz CT molecular complexity index is 795. The van der Waals surface area contributed by atoms with Gasteiger partial charge in [0.25, 0.3) is 0 Å². The number of rotatable bonds is 8. The summed E-state index contributed by atoms with van der Waals surface area (Å²) in [4.78, 5) is 24.9. The highest BCUT2D eigenvalue weighted by molar-refractivity contribution is 6.66. The van der Waals surface area contributed by atoms with Crippen molar-refractivity contribution in [3.63, 3.8) is 0 Å². The van der Waals surface area contributed by atoms with Crippen molar-refractivity contribution in [2.45, 2.75) is 12.5 Å². The number of hydrogen-bond donors (Lipinski definition) is 1. The minimum Gasteiger partial charge on any atom is -0.507 e. The van der Waals surface area contributed by atoms with Gasteiger partial charge in [-0.2, -0.15) is 0 Å². The van der Waals surface area contributed by atoms with Crippen LogP contribution < -0.4 is 4.74 Å². The molecule has 8 heteroatoms. The molecule has 0 fully saturated rings. The van der Waals surface area contributed by atoms with Gasteiger partial charge in [0.05, 0.1) is 5.56 Å². The number of aromatic hydroxyl groups is 1. The van der Waals surface area contributed by atoms with E-state index >= 15 is 0 Å². The van der Waals surface area contributed by atoms with Gasteiger partial charge in [-0.3, -0.25) is 9.59 Å². The van der Waals surface area contributed by atoms with E-state index in [0.29, 0.717) is 5.56 Å². The number of hydrogen-bond acceptors (Lipinski definition) is 7. The minimum absolute atomic E-state index is 0.0974. The topological polar surface area (TPSA) is 91.3 Å². The number of esters is 1. The van der Waals surface area contributed by atoms with Crippen molar-refractivity contribution < 1.29 is 32.7 Å². The van der Waals surface area contributed by atoms with Gasteiger partial charge in [-0.25, -0.2) is 0 Å². The third-order valence-corrected chi connectivity index (χ3v) is 7.21. The van der Waals surface area contributed by atoms with Crippen molar-refractivity contribution in [1.82, 2.24) is 0 Å². The maximum absolute atomic E-state index is 12.4. The van der Waals surface area contributed by atoms with E-state index in [4.69, 9.17) is 18.0 Å². The normalized spacial score (nSPS) is 12.4. The fraction of sp³-hybridized carbons (Fsp3) is 0.263. The van der Waals surface area contributed by atoms with Crippen LogP contribution in [0.15, 0.2) is 48.5 Å². The summed E-state index contributed by atoms with van der Waals surface area (Å²) in [6.07, 6.45) is 0. The number of ether oxygens (including phenoxy) is 1. The molecule has 0 aliphatic rings. The zero-order valence-corrected chi connectivity index (χ0v) is 16.6. The molecule has 2 rings (SSSR count). The minimum atomic E-state index is -3.22. The second kappa shape index (κ2) is 8.91. The monoisotopic (exact) mass is 390 g/mol. The standard InChI is InChI=1S/C19H22O7Si/c1-13(27(23-2,24-3)25-4)19(22)26-15-10-11-16(17(20)12-15)18(21)14-8-6-5-7-9-14/h5-13,20H,1-4H3. The van der Waals surface area contributed by atoms with Gasteiger partial charge >= 0.3 is 14.8 Å². The van der Waals surface area contributed by atoms with E-state index in [1.807, 2.05) is 0 Å². The summed E-state index contributed by atoms with van der Waals surface area (Å²) in [6, 6.07) is 12.6. The molecule has 0 bridgehead atoms. The number of phenols is 1. The van der Waals surface area contributed by atoms with Crippen molar-refractivity contribution in [1.29, 1.82) is 0 Å². The predicted molar refractivity (Wildman–Crippen MR) is 99.8 cm³/mol. The largest absolute Gasteiger partial charge is 0.514 e. The zero-order valence-electron chi connectivity index (χ0n) is 15.6. The van der Waals surface area contributed by atoms with Crippen molar-refractivity contribution in [3.05, 3.63) is 59.7 Å². The van der Waals surface area contributed by atoms with Gasteiger partial charge in [-0.15, -0.1) is 0 Å². The molecule has 2 aromatic rings. The molecule has 2 aromatic carbocycles. The van der Waals surface area contributed by atoms with Gasteiger partial charge < -0.3 is 23.1 Å². The van der Waals surface area contributed by atoms with E-state index in [2.05, 4.69) is 0 Å². The molecule has 27 heavy (non-hydrogen) atoms. The molecule has 0 amide bonds. The molecule has 1 atom stereocenters. The summed E-state index contributed by atoms with van der Waals surface area (Å²) < 4.78 is 21.1. The van der Waals surface area contributed by atoms with E-state index in [1.54, 1.807) is 37.3 Å². The third-order valence-electron chi connectivity index (χ3n) is 4.21. The summed E-state index contributed by atoms with van der Waals surface area (Å²) >= 11 is 0. The molecule has 0 aliphatic heterocycles. The number of carbonyl (C=O) groups excluding carboxylic acids is 2. The highest BCUT2D eigenvalue weighted by Gasteiger charge is 2.49. The lowest BCUT2D eigenvalue weighted by Gasteiger charge is -2.28. The Kier molecular flexibility index (Phi) is 6.86. The van der Waals surface area contributed by atoms with E-state index < -0.39 is 20.3 Å². The molecule has 0 aromatic heterocycles. The van der Waals surface area contributed by atoms with Crippen LogP contribution in [0.3, 0.4) is 0 Å². The Morgan fingerprint density at radius 3 is 2.07 bits per heavy atom. The van der Waals surface area contributed by atoms with Crippen molar-refractivity contribution >= 4 is 20.6 Å². The van der Waals surface area contributed by atoms with E-state index in [0.717, 1.165) is 0 Å². The summed E-state index contributed by atoms with van der Waals surface area (Å²) in [6.45, 7) is 1.58. The molecule has 1 N–H and O–H groups in total. The fourth-order valence-electron chi connectivity index (χ4n) is 2.64. The number of carbonyl (C=O) groups is 2. The number of phenolic OH excluding ortho intramolecular Hbond substituents is 1. The molecular formula is C19H22O7Si. The average molecular weight is 390 g/mol. The van der Waals surface area contributed by atoms with E-state index in [1.165, 1.54) is 39.5 Å². The van der Waals surface area contributed by atoms with Crippen LogP contribution in [-0.2, 0) is 18.1 Å². The van der Waals surface area contributed by atoms with Crippen LogP contribution in [0.4, 0.5) is 0 Å². The molecule has 0 aliphatic carbocycles. The second-order valence-corrected chi connectivity index (χ2v) is 9.03. The van der Waals surface area contributed by atoms with Crippen LogP contribution in [0, 0.1) is 0 Å². The van der Waals surface area contributed by atoms with Gasteiger partial charge in [0.2, 0.25) is 0 Å². The van der Waals surface area contributed by atoms with Gasteiger partial charge in [-0.05, 0) is 19.1 Å². The van der Waals surface area contributed by atoms with Crippen molar-refractivity contribution in [3.8, 4) is 11.5 Å². The first-order chi connectivity index (χ1) is 12.9. The average Bonchev–Trinajstić information content (AvgIpc) is 2.70. The number of ketones is 1. The van der Waals surface area contributed by atoms with Crippen LogP contribution in [0.2, 0.25) is 5.54 Å². The summed E-state index contributed by atoms with van der Waals surface area (Å²) in [5, 5.41) is 10.2. The Morgan fingerprint density at radius 1 is 0.963 bits per heavy atom. The molecule has 144 valence electrons. The highest BCUT2D eigenvalue weighted by Crippen LogP contribution is 2.29. The van der Waals surface area contributed by atoms with Gasteiger partial charge in [0.1, 0.15) is 17.0 Å². The van der Waals surface area contributed by atoms with Crippen LogP contribution in [-0.4, -0.2) is 47.0 Å². The smallest absolute Gasteiger partial charge is 0.507 e. The molecule has 0 radical (unpaired) electrons. The van der Waals surface area contributed by atoms with Crippen LogP contribution in [0.25, 0.3) is 0 Å². The third kappa shape index (κ3) is 4.42. The fourth-order valence-corrected chi connectivity index (χ4v) is 4.55. The lowest BCUT2D eigenvalue weighted by atomic mass is 10.0. The van der Waals surface area contributed by atoms with E-state index in [-0.39, 0.29) is 22.8 Å². The summed E-state index contributed by atoms with van der Waals surface area (Å²) in [5.74, 6) is -1.15. The van der Waals surface area contributed by atoms with Gasteiger partial charge in [0.15, 0.2) is 5.78 Å². The van der Waals surface area contributed by atoms with Crippen molar-refractivity contribution in [2.75, 3.05) is 21.3 Å². The first-order valence-electron chi connectivity index (χ1n) is 8.18. The molecule has 1 unspecified atom stereocenters. The molecular weight excluding hydrogens is 368 g/mol. The Hall–Kier alpha value is -2.52. The maximum atomic E-state index is 12.4. The number of benzene rings is 2. The lowest BCUT2D eigenvalue weighted by molar-refractivity contribution is -0.135. The molecule has 0 saturated carbocycles. The Labute approximate surface area is 158 Å². The van der Waals surface area contributed by atoms with Crippen LogP contribution >= 0.6 is 0 Å². The maximum Gasteiger partial charge on any atom is 0.514 e. The first-order valence-corrected chi connectivity index (χ1v) is 9.98. The Morgan fingerprint density at radius 2 is 1.56 bits per heavy atom. The molecule has 0 saturated heterocycles. The van der Waals surface area contributed by atoms with Gasteiger partial charge in [-0.1, -0.05) is 30.3 Å². The molecule has 0 heterocycles. The first kappa shape index (κ1) is 20.8. The van der Waals surface area contributed by atoms with Crippen molar-refractivity contribution in [2.24, 2.45) is 0 Å². The van der Waals surface area contributed by atoms with E-state index in [9.17, 15) is 14.7 Å². The van der Waals surface area contributed by atoms with Crippen LogP contribution in [0.1, 0.15) is 22.8 Å². The van der Waals surface area contributed by atoms with Crippen LogP contribution in [0.5, 0.6) is 11.5 Å². The summed E-state index contributed by atoms with van der Waals surface area (Å²) in [5.41, 5.74) is -0.226. The quantitative estimate of drug-likeness (QED) is 0.321. The lowest BCUT2D eigenvalue weighted by Crippen LogP contribution is -2.50. The second-order valence-electron chi connectivity index (χ2n) is 5.73. The Balaban J connectivity index is 2.18. The SMILES string of the molecule is CO[Si](OC)(OC)C(C)C(=O)Oc1ccc(C(=O)c2ccccc2)c(O)c1. The predicted octanol–water partition coefficient (Wildman–Crippen LogP) is 2.80.